The summed E-state index contributed by atoms with van der Waals surface area (Å²) in [6.45, 7) is 3.56. The molecule has 0 atom stereocenters. The highest BCUT2D eigenvalue weighted by atomic mass is 35.5. The van der Waals surface area contributed by atoms with Crippen LogP contribution in [0.2, 0.25) is 5.15 Å². The molecule has 8 nitrogen and oxygen atoms in total. The predicted molar refractivity (Wildman–Crippen MR) is 103 cm³/mol. The first-order chi connectivity index (χ1) is 13.1. The second kappa shape index (κ2) is 7.22. The molecule has 3 aromatic rings. The fraction of sp³-hybridized carbons (Fsp3) is 0.333. The largest absolute Gasteiger partial charge is 0.390 e. The van der Waals surface area contributed by atoms with Gasteiger partial charge in [0.2, 0.25) is 0 Å². The monoisotopic (exact) mass is 404 g/mol. The van der Waals surface area contributed by atoms with Crippen LogP contribution in [0.25, 0.3) is 11.0 Å². The number of imidazole rings is 1. The highest BCUT2D eigenvalue weighted by Gasteiger charge is 2.19. The van der Waals surface area contributed by atoms with Crippen LogP contribution in [-0.2, 0) is 13.6 Å². The molecule has 0 radical (unpaired) electrons. The number of anilines is 2. The van der Waals surface area contributed by atoms with E-state index in [-0.39, 0.29) is 34.5 Å². The Morgan fingerprint density at radius 3 is 2.71 bits per heavy atom. The number of aromatic nitrogens is 4. The Labute approximate surface area is 164 Å². The van der Waals surface area contributed by atoms with Crippen LogP contribution in [0.4, 0.5) is 15.9 Å². The van der Waals surface area contributed by atoms with Gasteiger partial charge in [-0.1, -0.05) is 11.6 Å². The molecule has 2 N–H and O–H groups in total. The summed E-state index contributed by atoms with van der Waals surface area (Å²) in [6.07, 6.45) is 1.50. The zero-order valence-corrected chi connectivity index (χ0v) is 16.2. The van der Waals surface area contributed by atoms with Crippen LogP contribution in [0.5, 0.6) is 0 Å². The van der Waals surface area contributed by atoms with Crippen molar-refractivity contribution in [3.05, 3.63) is 45.5 Å². The molecule has 0 fully saturated rings. The lowest BCUT2D eigenvalue weighted by Gasteiger charge is -2.17. The van der Waals surface area contributed by atoms with Gasteiger partial charge in [-0.3, -0.25) is 9.13 Å². The summed E-state index contributed by atoms with van der Waals surface area (Å²) in [5, 5.41) is 21.9. The molecular formula is C18H18ClFN6O2. The lowest BCUT2D eigenvalue weighted by atomic mass is 10.1. The van der Waals surface area contributed by atoms with Crippen LogP contribution in [0, 0.1) is 17.1 Å². The van der Waals surface area contributed by atoms with Crippen LogP contribution >= 0.6 is 11.6 Å². The number of aryl methyl sites for hydroxylation is 2. The van der Waals surface area contributed by atoms with E-state index in [1.54, 1.807) is 20.9 Å². The van der Waals surface area contributed by atoms with Crippen molar-refractivity contribution in [1.29, 1.82) is 5.26 Å². The van der Waals surface area contributed by atoms with Crippen LogP contribution in [0.3, 0.4) is 0 Å². The maximum absolute atomic E-state index is 14.7. The quantitative estimate of drug-likeness (QED) is 0.633. The number of benzene rings is 1. The third-order valence-corrected chi connectivity index (χ3v) is 4.63. The van der Waals surface area contributed by atoms with E-state index in [9.17, 15) is 19.6 Å². The summed E-state index contributed by atoms with van der Waals surface area (Å²) in [4.78, 5) is 20.2. The van der Waals surface area contributed by atoms with Gasteiger partial charge in [0.1, 0.15) is 23.8 Å². The van der Waals surface area contributed by atoms with Crippen molar-refractivity contribution in [3.63, 3.8) is 0 Å². The van der Waals surface area contributed by atoms with Gasteiger partial charge < -0.3 is 10.4 Å². The summed E-state index contributed by atoms with van der Waals surface area (Å²) in [5.74, 6) is -0.566. The smallest absolute Gasteiger partial charge is 0.328 e. The summed E-state index contributed by atoms with van der Waals surface area (Å²) < 4.78 is 17.5. The first-order valence-corrected chi connectivity index (χ1v) is 8.79. The second-order valence-corrected chi connectivity index (χ2v) is 7.36. The van der Waals surface area contributed by atoms with Gasteiger partial charge in [-0.05, 0) is 26.3 Å². The highest BCUT2D eigenvalue weighted by molar-refractivity contribution is 6.30. The summed E-state index contributed by atoms with van der Waals surface area (Å²) in [5.41, 5.74) is -0.372. The molecular weight excluding hydrogens is 387 g/mol. The van der Waals surface area contributed by atoms with Crippen molar-refractivity contribution in [2.24, 2.45) is 7.05 Å². The standard InChI is InChI=1S/C18H18ClFN6O2/c1-18(2,28)4-5-26-14-7-12(11(20)6-13(14)25(3)17(26)27)24-16-10(8-21)15(19)22-9-23-16/h6-7,9,28H,4-5H2,1-3H3,(H,22,23,24). The van der Waals surface area contributed by atoms with Crippen LogP contribution in [0.1, 0.15) is 25.8 Å². The minimum absolute atomic E-state index is 0.0175. The molecule has 0 aliphatic heterocycles. The Morgan fingerprint density at radius 2 is 2.07 bits per heavy atom. The Bertz CT molecular complexity index is 1160. The second-order valence-electron chi connectivity index (χ2n) is 7.00. The molecule has 3 rings (SSSR count). The molecule has 0 spiro atoms. The molecule has 0 amide bonds. The summed E-state index contributed by atoms with van der Waals surface area (Å²) in [7, 11) is 1.55. The predicted octanol–water partition coefficient (Wildman–Crippen LogP) is 2.70. The highest BCUT2D eigenvalue weighted by Crippen LogP contribution is 2.28. The maximum atomic E-state index is 14.7. The van der Waals surface area contributed by atoms with Crippen LogP contribution in [0.15, 0.2) is 23.3 Å². The van der Waals surface area contributed by atoms with E-state index in [4.69, 9.17) is 11.6 Å². The third-order valence-electron chi connectivity index (χ3n) is 4.35. The number of aliphatic hydroxyl groups is 1. The lowest BCUT2D eigenvalue weighted by Crippen LogP contribution is -2.27. The fourth-order valence-electron chi connectivity index (χ4n) is 2.81. The molecule has 0 aliphatic carbocycles. The first kappa shape index (κ1) is 19.8. The van der Waals surface area contributed by atoms with E-state index in [1.165, 1.54) is 21.3 Å². The van der Waals surface area contributed by atoms with Gasteiger partial charge in [-0.15, -0.1) is 0 Å². The molecule has 0 aliphatic rings. The number of nitrogens with zero attached hydrogens (tertiary/aromatic N) is 5. The molecule has 2 heterocycles. The normalized spacial score (nSPS) is 11.6. The zero-order chi connectivity index (χ0) is 20.6. The van der Waals surface area contributed by atoms with Gasteiger partial charge >= 0.3 is 5.69 Å². The number of fused-ring (bicyclic) bond motifs is 1. The van der Waals surface area contributed by atoms with Crippen molar-refractivity contribution in [2.45, 2.75) is 32.4 Å². The van der Waals surface area contributed by atoms with Gasteiger partial charge in [-0.2, -0.15) is 5.26 Å². The minimum atomic E-state index is -0.956. The van der Waals surface area contributed by atoms with Crippen LogP contribution in [-0.4, -0.2) is 29.8 Å². The number of rotatable bonds is 5. The molecule has 10 heteroatoms. The van der Waals surface area contributed by atoms with E-state index in [2.05, 4.69) is 15.3 Å². The van der Waals surface area contributed by atoms with Crippen molar-refractivity contribution >= 4 is 34.1 Å². The van der Waals surface area contributed by atoms with Crippen molar-refractivity contribution < 1.29 is 9.50 Å². The zero-order valence-electron chi connectivity index (χ0n) is 15.5. The molecule has 146 valence electrons. The summed E-state index contributed by atoms with van der Waals surface area (Å²) in [6, 6.07) is 4.57. The van der Waals surface area contributed by atoms with Crippen molar-refractivity contribution in [2.75, 3.05) is 5.32 Å². The number of halogens is 2. The molecule has 0 unspecified atom stereocenters. The average Bonchev–Trinajstić information content (AvgIpc) is 2.84. The Kier molecular flexibility index (Phi) is 5.10. The summed E-state index contributed by atoms with van der Waals surface area (Å²) >= 11 is 5.88. The third kappa shape index (κ3) is 3.69. The Morgan fingerprint density at radius 1 is 1.36 bits per heavy atom. The molecule has 1 aromatic carbocycles. The number of hydrogen-bond acceptors (Lipinski definition) is 6. The van der Waals surface area contributed by atoms with Gasteiger partial charge in [0.05, 0.1) is 22.3 Å². The number of nitriles is 1. The fourth-order valence-corrected chi connectivity index (χ4v) is 2.98. The van der Waals surface area contributed by atoms with Crippen molar-refractivity contribution in [3.8, 4) is 6.07 Å². The molecule has 2 aromatic heterocycles. The van der Waals surface area contributed by atoms with Crippen LogP contribution < -0.4 is 11.0 Å². The molecule has 28 heavy (non-hydrogen) atoms. The molecule has 0 saturated carbocycles. The number of nitrogens with one attached hydrogen (secondary N) is 1. The topological polar surface area (TPSA) is 109 Å². The van der Waals surface area contributed by atoms with Gasteiger partial charge in [-0.25, -0.2) is 19.2 Å². The average molecular weight is 405 g/mol. The Balaban J connectivity index is 2.11. The SMILES string of the molecule is Cn1c(=O)n(CCC(C)(C)O)c2cc(Nc3ncnc(Cl)c3C#N)c(F)cc21. The maximum Gasteiger partial charge on any atom is 0.328 e. The van der Waals surface area contributed by atoms with E-state index in [0.29, 0.717) is 17.5 Å². The van der Waals surface area contributed by atoms with E-state index in [0.717, 1.165) is 6.33 Å². The van der Waals surface area contributed by atoms with Gasteiger partial charge in [0, 0.05) is 19.7 Å². The van der Waals surface area contributed by atoms with Crippen molar-refractivity contribution in [1.82, 2.24) is 19.1 Å². The molecule has 0 saturated heterocycles. The van der Waals surface area contributed by atoms with Gasteiger partial charge in [0.25, 0.3) is 0 Å². The Hall–Kier alpha value is -2.96. The van der Waals surface area contributed by atoms with Gasteiger partial charge in [0.15, 0.2) is 11.0 Å². The van der Waals surface area contributed by atoms with E-state index < -0.39 is 11.4 Å². The first-order valence-electron chi connectivity index (χ1n) is 8.41. The van der Waals surface area contributed by atoms with E-state index >= 15 is 0 Å². The van der Waals surface area contributed by atoms with E-state index in [1.807, 2.05) is 6.07 Å². The lowest BCUT2D eigenvalue weighted by molar-refractivity contribution is 0.0662. The minimum Gasteiger partial charge on any atom is -0.390 e. The molecule has 0 bridgehead atoms. The number of hydrogen-bond donors (Lipinski definition) is 2.